The number of imidazole rings is 1. The molecule has 1 aliphatic rings. The molecule has 1 aromatic heterocycles. The average molecular weight is 250 g/mol. The highest BCUT2D eigenvalue weighted by atomic mass is 16.5. The van der Waals surface area contributed by atoms with Gasteiger partial charge in [-0.3, -0.25) is 4.79 Å². The van der Waals surface area contributed by atoms with Crippen LogP contribution in [0.2, 0.25) is 0 Å². The Balaban J connectivity index is 2.28. The maximum absolute atomic E-state index is 12.7. The van der Waals surface area contributed by atoms with Gasteiger partial charge in [-0.1, -0.05) is 25.7 Å². The fourth-order valence-electron chi connectivity index (χ4n) is 2.80. The van der Waals surface area contributed by atoms with Crippen LogP contribution in [0.15, 0.2) is 12.4 Å². The molecule has 0 aliphatic heterocycles. The summed E-state index contributed by atoms with van der Waals surface area (Å²) in [5.74, 6) is 0.597. The van der Waals surface area contributed by atoms with E-state index in [1.165, 1.54) is 12.8 Å². The van der Waals surface area contributed by atoms with Gasteiger partial charge in [0.05, 0.1) is 0 Å². The van der Waals surface area contributed by atoms with E-state index in [0.29, 0.717) is 5.82 Å². The lowest BCUT2D eigenvalue weighted by Gasteiger charge is -2.29. The smallest absolute Gasteiger partial charge is 0.229 e. The molecule has 4 nitrogen and oxygen atoms in total. The summed E-state index contributed by atoms with van der Waals surface area (Å²) in [6, 6.07) is 0. The molecule has 0 amide bonds. The van der Waals surface area contributed by atoms with Gasteiger partial charge in [0, 0.05) is 26.0 Å². The minimum Gasteiger partial charge on any atom is -0.370 e. The van der Waals surface area contributed by atoms with Crippen molar-refractivity contribution < 1.29 is 9.53 Å². The standard InChI is InChI=1S/C14H22N2O2/c1-3-16-11-10-15-13(16)12(17)14(18-2)8-6-4-5-7-9-14/h10-11H,3-9H2,1-2H3. The van der Waals surface area contributed by atoms with Gasteiger partial charge in [-0.2, -0.15) is 0 Å². The first kappa shape index (κ1) is 13.3. The molecule has 2 rings (SSSR count). The van der Waals surface area contributed by atoms with Crippen LogP contribution < -0.4 is 0 Å². The molecule has 18 heavy (non-hydrogen) atoms. The number of aromatic nitrogens is 2. The average Bonchev–Trinajstić information content (AvgIpc) is 2.74. The molecule has 0 bridgehead atoms. The van der Waals surface area contributed by atoms with E-state index in [1.54, 1.807) is 13.3 Å². The molecule has 1 fully saturated rings. The van der Waals surface area contributed by atoms with Crippen LogP contribution in [0.1, 0.15) is 56.1 Å². The predicted octanol–water partition coefficient (Wildman–Crippen LogP) is 2.83. The van der Waals surface area contributed by atoms with Gasteiger partial charge >= 0.3 is 0 Å². The summed E-state index contributed by atoms with van der Waals surface area (Å²) in [4.78, 5) is 17.0. The van der Waals surface area contributed by atoms with Gasteiger partial charge in [-0.15, -0.1) is 0 Å². The Hall–Kier alpha value is -1.16. The van der Waals surface area contributed by atoms with Crippen molar-refractivity contribution in [2.24, 2.45) is 0 Å². The number of carbonyl (C=O) groups excluding carboxylic acids is 1. The van der Waals surface area contributed by atoms with Crippen LogP contribution >= 0.6 is 0 Å². The van der Waals surface area contributed by atoms with E-state index in [1.807, 2.05) is 17.7 Å². The largest absolute Gasteiger partial charge is 0.370 e. The number of Topliss-reactive ketones (excluding diaryl/α,β-unsaturated/α-hetero) is 1. The Morgan fingerprint density at radius 1 is 1.39 bits per heavy atom. The van der Waals surface area contributed by atoms with Gasteiger partial charge in [-0.05, 0) is 19.8 Å². The Kier molecular flexibility index (Phi) is 4.17. The molecule has 1 saturated carbocycles. The molecular weight excluding hydrogens is 228 g/mol. The van der Waals surface area contributed by atoms with Gasteiger partial charge in [-0.25, -0.2) is 4.98 Å². The van der Waals surface area contributed by atoms with Gasteiger partial charge in [0.2, 0.25) is 5.78 Å². The summed E-state index contributed by atoms with van der Waals surface area (Å²) in [5, 5.41) is 0. The van der Waals surface area contributed by atoms with Crippen LogP contribution in [-0.4, -0.2) is 28.0 Å². The first-order valence-electron chi connectivity index (χ1n) is 6.84. The van der Waals surface area contributed by atoms with Crippen LogP contribution in [0.5, 0.6) is 0 Å². The van der Waals surface area contributed by atoms with Crippen molar-refractivity contribution in [1.29, 1.82) is 0 Å². The maximum atomic E-state index is 12.7. The van der Waals surface area contributed by atoms with Crippen molar-refractivity contribution in [2.75, 3.05) is 7.11 Å². The van der Waals surface area contributed by atoms with Gasteiger partial charge < -0.3 is 9.30 Å². The fourth-order valence-corrected chi connectivity index (χ4v) is 2.80. The monoisotopic (exact) mass is 250 g/mol. The first-order chi connectivity index (χ1) is 8.73. The van der Waals surface area contributed by atoms with Crippen LogP contribution in [0.25, 0.3) is 0 Å². The van der Waals surface area contributed by atoms with E-state index < -0.39 is 5.60 Å². The lowest BCUT2D eigenvalue weighted by Crippen LogP contribution is -2.41. The summed E-state index contributed by atoms with van der Waals surface area (Å²) >= 11 is 0. The number of rotatable bonds is 4. The third-order valence-corrected chi connectivity index (χ3v) is 3.98. The molecule has 0 N–H and O–H groups in total. The van der Waals surface area contributed by atoms with Gasteiger partial charge in [0.15, 0.2) is 5.82 Å². The van der Waals surface area contributed by atoms with Gasteiger partial charge in [0.25, 0.3) is 0 Å². The number of aryl methyl sites for hydroxylation is 1. The van der Waals surface area contributed by atoms with Crippen molar-refractivity contribution in [3.8, 4) is 0 Å². The number of hydrogen-bond donors (Lipinski definition) is 0. The Labute approximate surface area is 108 Å². The summed E-state index contributed by atoms with van der Waals surface area (Å²) in [5.41, 5.74) is -0.644. The van der Waals surface area contributed by atoms with Crippen molar-refractivity contribution in [3.63, 3.8) is 0 Å². The Morgan fingerprint density at radius 3 is 2.61 bits per heavy atom. The molecule has 0 aromatic carbocycles. The Morgan fingerprint density at radius 2 is 2.06 bits per heavy atom. The number of ether oxygens (including phenoxy) is 1. The highest BCUT2D eigenvalue weighted by Gasteiger charge is 2.40. The molecule has 0 spiro atoms. The van der Waals surface area contributed by atoms with Crippen molar-refractivity contribution in [1.82, 2.24) is 9.55 Å². The molecule has 0 atom stereocenters. The third-order valence-electron chi connectivity index (χ3n) is 3.98. The molecule has 0 saturated heterocycles. The third kappa shape index (κ3) is 2.34. The van der Waals surface area contributed by atoms with E-state index in [-0.39, 0.29) is 5.78 Å². The number of ketones is 1. The van der Waals surface area contributed by atoms with Crippen molar-refractivity contribution in [3.05, 3.63) is 18.2 Å². The second kappa shape index (κ2) is 5.65. The van der Waals surface area contributed by atoms with E-state index in [4.69, 9.17) is 4.74 Å². The molecule has 100 valence electrons. The minimum atomic E-state index is -0.644. The second-order valence-corrected chi connectivity index (χ2v) is 4.98. The van der Waals surface area contributed by atoms with Crippen molar-refractivity contribution >= 4 is 5.78 Å². The zero-order chi connectivity index (χ0) is 13.0. The van der Waals surface area contributed by atoms with Crippen molar-refractivity contribution in [2.45, 2.75) is 57.6 Å². The van der Waals surface area contributed by atoms with Crippen LogP contribution in [0.4, 0.5) is 0 Å². The van der Waals surface area contributed by atoms with E-state index in [0.717, 1.165) is 32.2 Å². The van der Waals surface area contributed by atoms with Gasteiger partial charge in [0.1, 0.15) is 5.60 Å². The number of methoxy groups -OCH3 is 1. The van der Waals surface area contributed by atoms with E-state index in [2.05, 4.69) is 4.98 Å². The molecular formula is C14H22N2O2. The molecule has 1 aliphatic carbocycles. The quantitative estimate of drug-likeness (QED) is 0.609. The highest BCUT2D eigenvalue weighted by molar-refractivity contribution is 5.99. The number of nitrogens with zero attached hydrogens (tertiary/aromatic N) is 2. The second-order valence-electron chi connectivity index (χ2n) is 4.98. The molecule has 4 heteroatoms. The normalized spacial score (nSPS) is 19.4. The topological polar surface area (TPSA) is 44.1 Å². The van der Waals surface area contributed by atoms with Crippen LogP contribution in [0.3, 0.4) is 0 Å². The van der Waals surface area contributed by atoms with E-state index >= 15 is 0 Å². The van der Waals surface area contributed by atoms with E-state index in [9.17, 15) is 4.79 Å². The minimum absolute atomic E-state index is 0.0544. The van der Waals surface area contributed by atoms with Crippen LogP contribution in [-0.2, 0) is 11.3 Å². The predicted molar refractivity (Wildman–Crippen MR) is 69.7 cm³/mol. The first-order valence-corrected chi connectivity index (χ1v) is 6.84. The summed E-state index contributed by atoms with van der Waals surface area (Å²) < 4.78 is 7.54. The molecule has 1 heterocycles. The maximum Gasteiger partial charge on any atom is 0.229 e. The molecule has 0 radical (unpaired) electrons. The zero-order valence-electron chi connectivity index (χ0n) is 11.3. The summed E-state index contributed by atoms with van der Waals surface area (Å²) in [6.07, 6.45) is 9.70. The van der Waals surface area contributed by atoms with Crippen LogP contribution in [0, 0.1) is 0 Å². The fraction of sp³-hybridized carbons (Fsp3) is 0.714. The number of carbonyl (C=O) groups is 1. The lowest BCUT2D eigenvalue weighted by atomic mass is 9.89. The number of hydrogen-bond acceptors (Lipinski definition) is 3. The highest BCUT2D eigenvalue weighted by Crippen LogP contribution is 2.32. The summed E-state index contributed by atoms with van der Waals surface area (Å²) in [6.45, 7) is 2.78. The zero-order valence-corrected chi connectivity index (χ0v) is 11.3. The Bertz CT molecular complexity index is 404. The summed E-state index contributed by atoms with van der Waals surface area (Å²) in [7, 11) is 1.66. The molecule has 0 unspecified atom stereocenters. The lowest BCUT2D eigenvalue weighted by molar-refractivity contribution is -0.00804. The molecule has 1 aromatic rings. The SMILES string of the molecule is CCn1ccnc1C(=O)C1(OC)CCCCCC1.